The zero-order chi connectivity index (χ0) is 10.6. The Hall–Kier alpha value is -0.290. The smallest absolute Gasteiger partial charge is 0.330 e. The summed E-state index contributed by atoms with van der Waals surface area (Å²) in [6.45, 7) is -0.367. The molecule has 14 heavy (non-hydrogen) atoms. The van der Waals surface area contributed by atoms with Gasteiger partial charge in [0.2, 0.25) is 0 Å². The molecule has 5 heteroatoms. The molecule has 0 saturated heterocycles. The van der Waals surface area contributed by atoms with Crippen molar-refractivity contribution < 1.29 is 13.2 Å². The Labute approximate surface area is 82.0 Å². The van der Waals surface area contributed by atoms with Gasteiger partial charge in [-0.25, -0.2) is 0 Å². The third-order valence-electron chi connectivity index (χ3n) is 2.76. The Morgan fingerprint density at radius 1 is 1.29 bits per heavy atom. The van der Waals surface area contributed by atoms with Crippen LogP contribution in [0.3, 0.4) is 0 Å². The second-order valence-electron chi connectivity index (χ2n) is 3.86. The average Bonchev–Trinajstić information content (AvgIpc) is 2.55. The quantitative estimate of drug-likeness (QED) is 0.740. The molecule has 0 heterocycles. The number of hydrogen-bond donors (Lipinski definition) is 2. The van der Waals surface area contributed by atoms with E-state index in [1.54, 1.807) is 0 Å². The van der Waals surface area contributed by atoms with Crippen LogP contribution in [0, 0.1) is 5.92 Å². The number of nitrogens with two attached hydrogens (primary N) is 1. The molecule has 1 unspecified atom stereocenters. The Bertz CT molecular complexity index is 164. The third kappa shape index (κ3) is 3.46. The van der Waals surface area contributed by atoms with E-state index >= 15 is 0 Å². The third-order valence-corrected chi connectivity index (χ3v) is 2.76. The summed E-state index contributed by atoms with van der Waals surface area (Å²) >= 11 is 0. The molecule has 0 aliphatic heterocycles. The highest BCUT2D eigenvalue weighted by molar-refractivity contribution is 4.78. The van der Waals surface area contributed by atoms with Gasteiger partial charge in [0.25, 0.3) is 0 Å². The van der Waals surface area contributed by atoms with Crippen LogP contribution in [0.25, 0.3) is 0 Å². The van der Waals surface area contributed by atoms with E-state index in [1.807, 2.05) is 0 Å². The second-order valence-corrected chi connectivity index (χ2v) is 3.86. The largest absolute Gasteiger partial charge is 0.394 e. The minimum absolute atomic E-state index is 0.0370. The van der Waals surface area contributed by atoms with Gasteiger partial charge in [-0.05, 0) is 12.8 Å². The molecule has 0 radical (unpaired) electrons. The minimum Gasteiger partial charge on any atom is -0.330 e. The first kappa shape index (κ1) is 11.8. The van der Waals surface area contributed by atoms with Gasteiger partial charge in [0, 0.05) is 19.1 Å². The molecule has 0 aromatic carbocycles. The van der Waals surface area contributed by atoms with Crippen molar-refractivity contribution >= 4 is 0 Å². The fourth-order valence-electron chi connectivity index (χ4n) is 1.77. The summed E-state index contributed by atoms with van der Waals surface area (Å²) in [4.78, 5) is 0. The van der Waals surface area contributed by atoms with E-state index in [2.05, 4.69) is 5.32 Å². The van der Waals surface area contributed by atoms with Crippen LogP contribution < -0.4 is 11.1 Å². The van der Waals surface area contributed by atoms with E-state index in [0.29, 0.717) is 0 Å². The fraction of sp³-hybridized carbons (Fsp3) is 1.00. The van der Waals surface area contributed by atoms with Gasteiger partial charge in [-0.2, -0.15) is 13.2 Å². The van der Waals surface area contributed by atoms with Crippen LogP contribution in [0.1, 0.15) is 25.7 Å². The number of halogens is 3. The molecular formula is C9H17F3N2. The van der Waals surface area contributed by atoms with Crippen LogP contribution in [-0.4, -0.2) is 25.3 Å². The van der Waals surface area contributed by atoms with Gasteiger partial charge in [0.15, 0.2) is 0 Å². The number of alkyl halides is 3. The van der Waals surface area contributed by atoms with E-state index in [0.717, 1.165) is 25.7 Å². The molecule has 1 saturated carbocycles. The molecule has 84 valence electrons. The van der Waals surface area contributed by atoms with Gasteiger partial charge < -0.3 is 11.1 Å². The summed E-state index contributed by atoms with van der Waals surface area (Å²) in [5.41, 5.74) is 5.08. The van der Waals surface area contributed by atoms with Crippen molar-refractivity contribution in [2.75, 3.05) is 13.1 Å². The molecule has 1 atom stereocenters. The highest BCUT2D eigenvalue weighted by Crippen LogP contribution is 2.25. The summed E-state index contributed by atoms with van der Waals surface area (Å²) in [6, 6.07) is 0.270. The summed E-state index contributed by atoms with van der Waals surface area (Å²) < 4.78 is 36.8. The van der Waals surface area contributed by atoms with Crippen molar-refractivity contribution in [3.8, 4) is 0 Å². The average molecular weight is 210 g/mol. The molecule has 1 rings (SSSR count). The minimum atomic E-state index is -4.17. The van der Waals surface area contributed by atoms with E-state index in [1.165, 1.54) is 0 Å². The van der Waals surface area contributed by atoms with E-state index in [-0.39, 0.29) is 19.1 Å². The van der Waals surface area contributed by atoms with Crippen molar-refractivity contribution in [2.24, 2.45) is 11.7 Å². The zero-order valence-corrected chi connectivity index (χ0v) is 8.11. The molecule has 0 amide bonds. The maximum atomic E-state index is 12.3. The van der Waals surface area contributed by atoms with Crippen LogP contribution in [-0.2, 0) is 0 Å². The molecule has 1 aliphatic carbocycles. The molecular weight excluding hydrogens is 193 g/mol. The van der Waals surface area contributed by atoms with Gasteiger partial charge in [-0.1, -0.05) is 12.8 Å². The van der Waals surface area contributed by atoms with Crippen molar-refractivity contribution in [3.63, 3.8) is 0 Å². The first-order valence-electron chi connectivity index (χ1n) is 5.04. The Kier molecular flexibility index (Phi) is 4.19. The maximum Gasteiger partial charge on any atom is 0.394 e. The van der Waals surface area contributed by atoms with Crippen molar-refractivity contribution in [3.05, 3.63) is 0 Å². The van der Waals surface area contributed by atoms with Gasteiger partial charge in [0.1, 0.15) is 0 Å². The molecule has 0 aromatic rings. The van der Waals surface area contributed by atoms with Gasteiger partial charge in [-0.15, -0.1) is 0 Å². The number of hydrogen-bond acceptors (Lipinski definition) is 2. The summed E-state index contributed by atoms with van der Waals surface area (Å²) in [5, 5.41) is 2.94. The molecule has 3 N–H and O–H groups in total. The van der Waals surface area contributed by atoms with Crippen LogP contribution in [0.5, 0.6) is 0 Å². The van der Waals surface area contributed by atoms with Gasteiger partial charge in [0.05, 0.1) is 5.92 Å². The number of rotatable bonds is 4. The standard InChI is InChI=1S/C9H17F3N2/c10-9(11,12)7(5-13)6-14-8-3-1-2-4-8/h7-8,14H,1-6,13H2. The van der Waals surface area contributed by atoms with Gasteiger partial charge >= 0.3 is 6.18 Å². The highest BCUT2D eigenvalue weighted by atomic mass is 19.4. The molecule has 0 aromatic heterocycles. The second kappa shape index (κ2) is 4.98. The lowest BCUT2D eigenvalue weighted by Gasteiger charge is -2.21. The van der Waals surface area contributed by atoms with Crippen molar-refractivity contribution in [2.45, 2.75) is 37.9 Å². The normalized spacial score (nSPS) is 21.4. The van der Waals surface area contributed by atoms with Crippen molar-refractivity contribution in [1.82, 2.24) is 5.32 Å². The predicted octanol–water partition coefficient (Wildman–Crippen LogP) is 1.66. The maximum absolute atomic E-state index is 12.3. The molecule has 0 spiro atoms. The summed E-state index contributed by atoms with van der Waals surface area (Å²) in [7, 11) is 0. The number of nitrogens with one attached hydrogen (secondary N) is 1. The summed E-state index contributed by atoms with van der Waals surface area (Å²) in [6.07, 6.45) is 0.0681. The monoisotopic (exact) mass is 210 g/mol. The Morgan fingerprint density at radius 2 is 1.86 bits per heavy atom. The van der Waals surface area contributed by atoms with E-state index in [4.69, 9.17) is 5.73 Å². The molecule has 1 aliphatic rings. The SMILES string of the molecule is NCC(CNC1CCCC1)C(F)(F)F. The topological polar surface area (TPSA) is 38.0 Å². The predicted molar refractivity (Wildman–Crippen MR) is 48.9 cm³/mol. The summed E-state index contributed by atoms with van der Waals surface area (Å²) in [5.74, 6) is -1.40. The lowest BCUT2D eigenvalue weighted by Crippen LogP contribution is -2.41. The van der Waals surface area contributed by atoms with Gasteiger partial charge in [-0.3, -0.25) is 0 Å². The van der Waals surface area contributed by atoms with Crippen LogP contribution in [0.2, 0.25) is 0 Å². The molecule has 1 fully saturated rings. The first-order chi connectivity index (χ1) is 6.54. The fourth-order valence-corrected chi connectivity index (χ4v) is 1.77. The zero-order valence-electron chi connectivity index (χ0n) is 8.11. The van der Waals surface area contributed by atoms with Crippen molar-refractivity contribution in [1.29, 1.82) is 0 Å². The van der Waals surface area contributed by atoms with E-state index < -0.39 is 12.1 Å². The van der Waals surface area contributed by atoms with Crippen LogP contribution in [0.15, 0.2) is 0 Å². The highest BCUT2D eigenvalue weighted by Gasteiger charge is 2.38. The van der Waals surface area contributed by atoms with Crippen LogP contribution in [0.4, 0.5) is 13.2 Å². The lowest BCUT2D eigenvalue weighted by atomic mass is 10.1. The van der Waals surface area contributed by atoms with E-state index in [9.17, 15) is 13.2 Å². The Morgan fingerprint density at radius 3 is 2.29 bits per heavy atom. The van der Waals surface area contributed by atoms with Crippen LogP contribution >= 0.6 is 0 Å². The first-order valence-corrected chi connectivity index (χ1v) is 5.04. The molecule has 0 bridgehead atoms. The lowest BCUT2D eigenvalue weighted by molar-refractivity contribution is -0.170. The molecule has 2 nitrogen and oxygen atoms in total. The Balaban J connectivity index is 2.26.